The lowest BCUT2D eigenvalue weighted by Gasteiger charge is -2.22. The number of nitrogens with one attached hydrogen (secondary N) is 2. The molecular formula is C14H19IN2O. The molecule has 1 fully saturated rings. The van der Waals surface area contributed by atoms with Crippen molar-refractivity contribution in [2.24, 2.45) is 5.92 Å². The molecule has 1 amide bonds. The summed E-state index contributed by atoms with van der Waals surface area (Å²) in [5.74, 6) is 0.682. The summed E-state index contributed by atoms with van der Waals surface area (Å²) in [6.07, 6.45) is 2.87. The molecule has 0 radical (unpaired) electrons. The molecule has 3 nitrogen and oxygen atoms in total. The van der Waals surface area contributed by atoms with Crippen molar-refractivity contribution in [1.82, 2.24) is 5.32 Å². The van der Waals surface area contributed by atoms with Crippen LogP contribution in [0, 0.1) is 16.4 Å². The van der Waals surface area contributed by atoms with Crippen molar-refractivity contribution in [3.8, 4) is 0 Å². The fraction of sp³-hybridized carbons (Fsp3) is 0.500. The first-order chi connectivity index (χ1) is 8.65. The van der Waals surface area contributed by atoms with Gasteiger partial charge in [-0.2, -0.15) is 0 Å². The first-order valence-electron chi connectivity index (χ1n) is 6.42. The van der Waals surface area contributed by atoms with E-state index in [0.717, 1.165) is 40.8 Å². The molecule has 1 saturated heterocycles. The van der Waals surface area contributed by atoms with Gasteiger partial charge in [0, 0.05) is 15.7 Å². The lowest BCUT2D eigenvalue weighted by molar-refractivity contribution is -0.117. The summed E-state index contributed by atoms with van der Waals surface area (Å²) in [7, 11) is 0. The number of anilines is 1. The second-order valence-electron chi connectivity index (χ2n) is 4.90. The Morgan fingerprint density at radius 1 is 1.44 bits per heavy atom. The molecule has 0 spiro atoms. The van der Waals surface area contributed by atoms with E-state index in [2.05, 4.69) is 39.3 Å². The number of hydrogen-bond acceptors (Lipinski definition) is 2. The van der Waals surface area contributed by atoms with Crippen LogP contribution in [0.25, 0.3) is 0 Å². The summed E-state index contributed by atoms with van der Waals surface area (Å²) in [6.45, 7) is 4.11. The number of rotatable bonds is 3. The van der Waals surface area contributed by atoms with Gasteiger partial charge in [0.2, 0.25) is 5.91 Å². The monoisotopic (exact) mass is 358 g/mol. The molecule has 1 aromatic carbocycles. The number of piperidine rings is 1. The molecule has 18 heavy (non-hydrogen) atoms. The molecule has 98 valence electrons. The highest BCUT2D eigenvalue weighted by molar-refractivity contribution is 14.1. The molecular weight excluding hydrogens is 339 g/mol. The third-order valence-electron chi connectivity index (χ3n) is 3.41. The molecule has 0 saturated carbocycles. The molecule has 0 atom stereocenters. The van der Waals surface area contributed by atoms with Crippen molar-refractivity contribution in [3.05, 3.63) is 27.3 Å². The van der Waals surface area contributed by atoms with Crippen LogP contribution >= 0.6 is 22.6 Å². The fourth-order valence-electron chi connectivity index (χ4n) is 2.28. The van der Waals surface area contributed by atoms with Gasteiger partial charge in [0.1, 0.15) is 0 Å². The minimum atomic E-state index is 0.145. The number of amides is 1. The van der Waals surface area contributed by atoms with E-state index in [1.807, 2.05) is 19.1 Å². The van der Waals surface area contributed by atoms with Crippen LogP contribution in [0.4, 0.5) is 5.69 Å². The van der Waals surface area contributed by atoms with E-state index in [-0.39, 0.29) is 5.91 Å². The van der Waals surface area contributed by atoms with Gasteiger partial charge >= 0.3 is 0 Å². The van der Waals surface area contributed by atoms with E-state index in [9.17, 15) is 4.79 Å². The van der Waals surface area contributed by atoms with E-state index >= 15 is 0 Å². The van der Waals surface area contributed by atoms with Crippen molar-refractivity contribution >= 4 is 34.2 Å². The first-order valence-corrected chi connectivity index (χ1v) is 7.50. The van der Waals surface area contributed by atoms with Gasteiger partial charge in [-0.25, -0.2) is 0 Å². The molecule has 2 rings (SSSR count). The summed E-state index contributed by atoms with van der Waals surface area (Å²) in [6, 6.07) is 6.12. The second kappa shape index (κ2) is 6.52. The molecule has 1 aliphatic heterocycles. The molecule has 4 heteroatoms. The lowest BCUT2D eigenvalue weighted by atomic mass is 9.94. The molecule has 2 N–H and O–H groups in total. The Morgan fingerprint density at radius 2 is 2.17 bits per heavy atom. The van der Waals surface area contributed by atoms with Crippen LogP contribution in [0.15, 0.2) is 18.2 Å². The Balaban J connectivity index is 1.92. The standard InChI is InChI=1S/C14H19IN2O/c1-10-2-3-12(15)9-13(10)17-14(18)8-11-4-6-16-7-5-11/h2-3,9,11,16H,4-8H2,1H3,(H,17,18). The zero-order chi connectivity index (χ0) is 13.0. The molecule has 1 heterocycles. The number of halogens is 1. The van der Waals surface area contributed by atoms with Crippen LogP contribution in [0.1, 0.15) is 24.8 Å². The van der Waals surface area contributed by atoms with Crippen LogP contribution in [-0.4, -0.2) is 19.0 Å². The van der Waals surface area contributed by atoms with Crippen LogP contribution in [-0.2, 0) is 4.79 Å². The van der Waals surface area contributed by atoms with Gasteiger partial charge < -0.3 is 10.6 Å². The second-order valence-corrected chi connectivity index (χ2v) is 6.15. The van der Waals surface area contributed by atoms with Crippen LogP contribution in [0.5, 0.6) is 0 Å². The van der Waals surface area contributed by atoms with Gasteiger partial charge in [-0.3, -0.25) is 4.79 Å². The van der Waals surface area contributed by atoms with Gasteiger partial charge in [-0.15, -0.1) is 0 Å². The zero-order valence-electron chi connectivity index (χ0n) is 10.6. The SMILES string of the molecule is Cc1ccc(I)cc1NC(=O)CC1CCNCC1. The molecule has 0 aromatic heterocycles. The maximum absolute atomic E-state index is 12.0. The van der Waals surface area contributed by atoms with Crippen molar-refractivity contribution in [3.63, 3.8) is 0 Å². The highest BCUT2D eigenvalue weighted by Gasteiger charge is 2.17. The number of hydrogen-bond donors (Lipinski definition) is 2. The molecule has 1 aliphatic rings. The minimum absolute atomic E-state index is 0.145. The number of carbonyl (C=O) groups is 1. The average Bonchev–Trinajstić information content (AvgIpc) is 2.35. The van der Waals surface area contributed by atoms with Gasteiger partial charge in [-0.05, 0) is 79.1 Å². The highest BCUT2D eigenvalue weighted by Crippen LogP contribution is 2.20. The van der Waals surface area contributed by atoms with Gasteiger partial charge in [0.15, 0.2) is 0 Å². The van der Waals surface area contributed by atoms with Crippen LogP contribution in [0.2, 0.25) is 0 Å². The van der Waals surface area contributed by atoms with Gasteiger partial charge in [0.05, 0.1) is 0 Å². The maximum Gasteiger partial charge on any atom is 0.224 e. The van der Waals surface area contributed by atoms with E-state index in [1.165, 1.54) is 0 Å². The van der Waals surface area contributed by atoms with Gasteiger partial charge in [0.25, 0.3) is 0 Å². The normalized spacial score (nSPS) is 16.6. The quantitative estimate of drug-likeness (QED) is 0.816. The molecule has 1 aromatic rings. The third-order valence-corrected chi connectivity index (χ3v) is 4.08. The van der Waals surface area contributed by atoms with Crippen LogP contribution < -0.4 is 10.6 Å². The minimum Gasteiger partial charge on any atom is -0.326 e. The number of carbonyl (C=O) groups excluding carboxylic acids is 1. The Kier molecular flexibility index (Phi) is 5.00. The lowest BCUT2D eigenvalue weighted by Crippen LogP contribution is -2.30. The zero-order valence-corrected chi connectivity index (χ0v) is 12.8. The largest absolute Gasteiger partial charge is 0.326 e. The predicted molar refractivity (Wildman–Crippen MR) is 82.7 cm³/mol. The Morgan fingerprint density at radius 3 is 2.89 bits per heavy atom. The van der Waals surface area contributed by atoms with Crippen LogP contribution in [0.3, 0.4) is 0 Å². The summed E-state index contributed by atoms with van der Waals surface area (Å²) in [5.41, 5.74) is 2.06. The van der Waals surface area contributed by atoms with Crippen molar-refractivity contribution in [2.75, 3.05) is 18.4 Å². The van der Waals surface area contributed by atoms with Gasteiger partial charge in [-0.1, -0.05) is 6.07 Å². The maximum atomic E-state index is 12.0. The smallest absolute Gasteiger partial charge is 0.224 e. The van der Waals surface area contributed by atoms with E-state index in [1.54, 1.807) is 0 Å². The van der Waals surface area contributed by atoms with Crippen molar-refractivity contribution in [2.45, 2.75) is 26.2 Å². The van der Waals surface area contributed by atoms with Crippen molar-refractivity contribution in [1.29, 1.82) is 0 Å². The summed E-state index contributed by atoms with van der Waals surface area (Å²) >= 11 is 2.26. The summed E-state index contributed by atoms with van der Waals surface area (Å²) < 4.78 is 1.15. The highest BCUT2D eigenvalue weighted by atomic mass is 127. The third kappa shape index (κ3) is 3.95. The molecule has 0 unspecified atom stereocenters. The predicted octanol–water partition coefficient (Wildman–Crippen LogP) is 2.93. The Hall–Kier alpha value is -0.620. The van der Waals surface area contributed by atoms with Crippen molar-refractivity contribution < 1.29 is 4.79 Å². The summed E-state index contributed by atoms with van der Waals surface area (Å²) in [4.78, 5) is 12.0. The molecule has 0 bridgehead atoms. The Labute approximate surface area is 122 Å². The number of benzene rings is 1. The number of aryl methyl sites for hydroxylation is 1. The topological polar surface area (TPSA) is 41.1 Å². The first kappa shape index (κ1) is 13.8. The Bertz CT molecular complexity index is 428. The van der Waals surface area contributed by atoms with E-state index < -0.39 is 0 Å². The summed E-state index contributed by atoms with van der Waals surface area (Å²) in [5, 5.41) is 6.36. The fourth-order valence-corrected chi connectivity index (χ4v) is 2.77. The van der Waals surface area contributed by atoms with E-state index in [4.69, 9.17) is 0 Å². The average molecular weight is 358 g/mol. The molecule has 0 aliphatic carbocycles. The van der Waals surface area contributed by atoms with E-state index in [0.29, 0.717) is 12.3 Å².